The lowest BCUT2D eigenvalue weighted by Gasteiger charge is -2.21. The van der Waals surface area contributed by atoms with Crippen LogP contribution >= 0.6 is 0 Å². The van der Waals surface area contributed by atoms with Crippen molar-refractivity contribution in [2.45, 2.75) is 43.7 Å². The van der Waals surface area contributed by atoms with Gasteiger partial charge < -0.3 is 14.8 Å². The number of benzene rings is 3. The second-order valence-electron chi connectivity index (χ2n) is 9.46. The first-order chi connectivity index (χ1) is 16.9. The molecular formula is C27H26FNO6S. The number of nitrogens with one attached hydrogen (secondary N) is 1. The minimum absolute atomic E-state index is 0.0958. The monoisotopic (exact) mass is 511 g/mol. The lowest BCUT2D eigenvalue weighted by molar-refractivity contribution is -0.131. The Labute approximate surface area is 208 Å². The fourth-order valence-corrected chi connectivity index (χ4v) is 5.64. The summed E-state index contributed by atoms with van der Waals surface area (Å²) in [6.07, 6.45) is 0.234. The first-order valence-electron chi connectivity index (χ1n) is 11.3. The van der Waals surface area contributed by atoms with Crippen LogP contribution in [-0.2, 0) is 25.8 Å². The maximum atomic E-state index is 13.7. The molecule has 0 spiro atoms. The van der Waals surface area contributed by atoms with Crippen molar-refractivity contribution in [3.05, 3.63) is 76.7 Å². The van der Waals surface area contributed by atoms with Crippen LogP contribution in [0, 0.1) is 0 Å². The molecule has 1 amide bonds. The summed E-state index contributed by atoms with van der Waals surface area (Å²) in [7, 11) is -3.88. The molecule has 1 atom stereocenters. The molecule has 0 fully saturated rings. The van der Waals surface area contributed by atoms with Crippen molar-refractivity contribution in [2.24, 2.45) is 0 Å². The normalized spacial score (nSPS) is 15.1. The number of ether oxygens (including phenoxy) is 2. The van der Waals surface area contributed by atoms with Gasteiger partial charge in [0, 0.05) is 11.8 Å². The van der Waals surface area contributed by atoms with Crippen molar-refractivity contribution in [1.82, 2.24) is 5.32 Å². The van der Waals surface area contributed by atoms with Gasteiger partial charge in [-0.3, -0.25) is 4.79 Å². The lowest BCUT2D eigenvalue weighted by atomic mass is 10.1. The van der Waals surface area contributed by atoms with Gasteiger partial charge in [-0.15, -0.1) is 0 Å². The van der Waals surface area contributed by atoms with Crippen molar-refractivity contribution >= 4 is 38.8 Å². The van der Waals surface area contributed by atoms with Crippen LogP contribution in [0.2, 0.25) is 0 Å². The summed E-state index contributed by atoms with van der Waals surface area (Å²) in [5.74, 6) is 0.613. The van der Waals surface area contributed by atoms with Gasteiger partial charge in [0.05, 0.1) is 9.80 Å². The molecule has 0 aliphatic carbocycles. The summed E-state index contributed by atoms with van der Waals surface area (Å²) in [4.78, 5) is 23.9. The van der Waals surface area contributed by atoms with Crippen LogP contribution in [0.5, 0.6) is 5.75 Å². The standard InChI is InChI=1S/C27H26FNO6S/c1-27(2,3)35-20-12-8-17(9-13-20)14-23(25(28)30)29-26(31)34-16-21-15-19-11-10-18-6-4-5-7-22(18)24(19)36(21,32)33/h4-13,15,23H,14,16H2,1-3H3,(H,29,31)/t23-/m0/s1. The molecule has 1 aliphatic rings. The smallest absolute Gasteiger partial charge is 0.408 e. The molecule has 1 heterocycles. The third-order valence-electron chi connectivity index (χ3n) is 5.54. The van der Waals surface area contributed by atoms with E-state index >= 15 is 0 Å². The Morgan fingerprint density at radius 1 is 1.00 bits per heavy atom. The van der Waals surface area contributed by atoms with E-state index in [1.807, 2.05) is 39.0 Å². The van der Waals surface area contributed by atoms with Gasteiger partial charge in [0.2, 0.25) is 9.84 Å². The second kappa shape index (κ2) is 9.73. The minimum Gasteiger partial charge on any atom is -0.488 e. The first kappa shape index (κ1) is 25.4. The average Bonchev–Trinajstić information content (AvgIpc) is 3.07. The minimum atomic E-state index is -3.88. The van der Waals surface area contributed by atoms with Crippen LogP contribution in [0.3, 0.4) is 0 Å². The first-order valence-corrected chi connectivity index (χ1v) is 12.8. The Morgan fingerprint density at radius 3 is 2.36 bits per heavy atom. The van der Waals surface area contributed by atoms with Gasteiger partial charge >= 0.3 is 12.1 Å². The van der Waals surface area contributed by atoms with Gasteiger partial charge in [0.25, 0.3) is 0 Å². The predicted molar refractivity (Wildman–Crippen MR) is 134 cm³/mol. The topological polar surface area (TPSA) is 98.8 Å². The van der Waals surface area contributed by atoms with Crippen molar-refractivity contribution in [3.63, 3.8) is 0 Å². The largest absolute Gasteiger partial charge is 0.488 e. The Kier molecular flexibility index (Phi) is 6.86. The van der Waals surface area contributed by atoms with Crippen LogP contribution in [0.4, 0.5) is 9.18 Å². The molecule has 9 heteroatoms. The molecule has 1 aliphatic heterocycles. The molecule has 0 saturated heterocycles. The number of carbonyl (C=O) groups is 2. The predicted octanol–water partition coefficient (Wildman–Crippen LogP) is 4.98. The third-order valence-corrected chi connectivity index (χ3v) is 7.46. The van der Waals surface area contributed by atoms with Crippen molar-refractivity contribution < 1.29 is 31.9 Å². The van der Waals surface area contributed by atoms with E-state index in [0.717, 1.165) is 5.39 Å². The van der Waals surface area contributed by atoms with Gasteiger partial charge in [-0.05, 0) is 55.5 Å². The molecule has 1 N–H and O–H groups in total. The summed E-state index contributed by atoms with van der Waals surface area (Å²) >= 11 is 0. The number of hydrogen-bond acceptors (Lipinski definition) is 6. The molecular weight excluding hydrogens is 485 g/mol. The number of hydrogen-bond donors (Lipinski definition) is 1. The summed E-state index contributed by atoms with van der Waals surface area (Å²) in [6.45, 7) is 5.16. The molecule has 0 bridgehead atoms. The van der Waals surface area contributed by atoms with E-state index < -0.39 is 34.6 Å². The maximum absolute atomic E-state index is 13.7. The molecule has 4 rings (SSSR count). The van der Waals surface area contributed by atoms with Crippen LogP contribution < -0.4 is 10.1 Å². The van der Waals surface area contributed by atoms with Gasteiger partial charge in [-0.2, -0.15) is 4.39 Å². The molecule has 0 radical (unpaired) electrons. The Balaban J connectivity index is 1.39. The fraction of sp³-hybridized carbons (Fsp3) is 0.259. The van der Waals surface area contributed by atoms with E-state index in [1.54, 1.807) is 42.5 Å². The van der Waals surface area contributed by atoms with Gasteiger partial charge in [-0.1, -0.05) is 48.5 Å². The van der Waals surface area contributed by atoms with Crippen LogP contribution in [0.1, 0.15) is 31.9 Å². The number of fused-ring (bicyclic) bond motifs is 3. The SMILES string of the molecule is CC(C)(C)Oc1ccc(C[C@H](NC(=O)OCC2=Cc3ccc4ccccc4c3S2(=O)=O)C(=O)F)cc1. The van der Waals surface area contributed by atoms with E-state index in [2.05, 4.69) is 5.32 Å². The zero-order valence-electron chi connectivity index (χ0n) is 20.1. The van der Waals surface area contributed by atoms with E-state index in [0.29, 0.717) is 22.3 Å². The number of carbonyl (C=O) groups excluding carboxylic acids is 2. The third kappa shape index (κ3) is 5.57. The molecule has 0 unspecified atom stereocenters. The highest BCUT2D eigenvalue weighted by Gasteiger charge is 2.32. The highest BCUT2D eigenvalue weighted by atomic mass is 32.2. The van der Waals surface area contributed by atoms with Crippen LogP contribution in [0.25, 0.3) is 16.8 Å². The zero-order valence-corrected chi connectivity index (χ0v) is 20.9. The highest BCUT2D eigenvalue weighted by Crippen LogP contribution is 2.38. The molecule has 0 aromatic heterocycles. The summed E-state index contributed by atoms with van der Waals surface area (Å²) < 4.78 is 50.6. The number of rotatable bonds is 7. The lowest BCUT2D eigenvalue weighted by Crippen LogP contribution is -2.41. The van der Waals surface area contributed by atoms with Crippen molar-refractivity contribution in [1.29, 1.82) is 0 Å². The van der Waals surface area contributed by atoms with Crippen LogP contribution in [-0.4, -0.2) is 38.8 Å². The average molecular weight is 512 g/mol. The Hall–Kier alpha value is -3.72. The number of alkyl carbamates (subject to hydrolysis) is 1. The molecule has 7 nitrogen and oxygen atoms in total. The molecule has 188 valence electrons. The quantitative estimate of drug-likeness (QED) is 0.450. The fourth-order valence-electron chi connectivity index (χ4n) is 3.97. The number of amides is 1. The van der Waals surface area contributed by atoms with Gasteiger partial charge in [-0.25, -0.2) is 13.2 Å². The Morgan fingerprint density at radius 2 is 1.69 bits per heavy atom. The van der Waals surface area contributed by atoms with Gasteiger partial charge in [0.1, 0.15) is 24.0 Å². The Bertz CT molecular complexity index is 1460. The van der Waals surface area contributed by atoms with E-state index in [9.17, 15) is 22.4 Å². The van der Waals surface area contributed by atoms with E-state index in [4.69, 9.17) is 9.47 Å². The van der Waals surface area contributed by atoms with E-state index in [1.165, 1.54) is 6.08 Å². The van der Waals surface area contributed by atoms with E-state index in [-0.39, 0.29) is 21.8 Å². The second-order valence-corrected chi connectivity index (χ2v) is 11.4. The molecule has 3 aromatic carbocycles. The van der Waals surface area contributed by atoms with Crippen molar-refractivity contribution in [3.8, 4) is 5.75 Å². The number of sulfone groups is 1. The highest BCUT2D eigenvalue weighted by molar-refractivity contribution is 7.96. The maximum Gasteiger partial charge on any atom is 0.408 e. The van der Waals surface area contributed by atoms with Gasteiger partial charge in [0.15, 0.2) is 0 Å². The summed E-state index contributed by atoms with van der Waals surface area (Å²) in [6, 6.07) is 14.1. The molecule has 0 saturated carbocycles. The number of halogens is 1. The molecule has 36 heavy (non-hydrogen) atoms. The van der Waals surface area contributed by atoms with Crippen LogP contribution in [0.15, 0.2) is 70.5 Å². The summed E-state index contributed by atoms with van der Waals surface area (Å²) in [5, 5.41) is 3.53. The van der Waals surface area contributed by atoms with Crippen molar-refractivity contribution in [2.75, 3.05) is 6.61 Å². The zero-order chi connectivity index (χ0) is 26.1. The molecule has 3 aromatic rings. The summed E-state index contributed by atoms with van der Waals surface area (Å²) in [5.41, 5.74) is 0.709.